The van der Waals surface area contributed by atoms with Gasteiger partial charge in [0.2, 0.25) is 0 Å². The van der Waals surface area contributed by atoms with Gasteiger partial charge in [0.25, 0.3) is 0 Å². The number of Topliss-reactive ketones (excluding diaryl/α,β-unsaturated/α-hetero) is 1. The number of hydrogen-bond acceptors (Lipinski definition) is 12. The fraction of sp³-hybridized carbons (Fsp3) is 0.535. The molecular formula is C86H144O12Si. The number of aliphatic hydroxyl groups excluding tert-OH is 1. The largest absolute Gasteiger partial charge is 0.466 e. The third kappa shape index (κ3) is 84.9. The molecule has 12 nitrogen and oxygen atoms in total. The maximum Gasteiger partial charge on any atom is 0.302 e. The second-order valence-electron chi connectivity index (χ2n) is 24.6. The average molecular weight is 1400 g/mol. The number of unbranched alkanes of at least 4 members (excludes halogenated alkanes) is 2. The Kier molecular flexibility index (Phi) is 85.0. The SMILES string of the molecule is C=CCCC.C=CCOC(C)=O.CC.CC.CC(=O)OCC(C)C.CC(=O)OCC1c2ccccc2-c2ccccc21.CC(=O)OCc1ccccc1.CC(C)=O.CC(C)C[Si](C)(C)C.CCC.CCC(C)C.CCCCOC(C)=O.CCc1ccc(CO)cc1.CCc1ccccc1. The highest BCUT2D eigenvalue weighted by molar-refractivity contribution is 6.76. The lowest BCUT2D eigenvalue weighted by atomic mass is 9.98. The predicted molar refractivity (Wildman–Crippen MR) is 428 cm³/mol. The Morgan fingerprint density at radius 2 is 0.828 bits per heavy atom. The monoisotopic (exact) mass is 1400 g/mol. The predicted octanol–water partition coefficient (Wildman–Crippen LogP) is 23.5. The van der Waals surface area contributed by atoms with Crippen molar-refractivity contribution in [2.45, 2.75) is 262 Å². The molecule has 0 heterocycles. The lowest BCUT2D eigenvalue weighted by molar-refractivity contribution is -0.143. The molecule has 0 aliphatic heterocycles. The molecule has 0 saturated carbocycles. The van der Waals surface area contributed by atoms with Crippen molar-refractivity contribution >= 4 is 43.7 Å². The number of aliphatic hydroxyl groups is 1. The second kappa shape index (κ2) is 78.1. The van der Waals surface area contributed by atoms with Crippen molar-refractivity contribution in [2.24, 2.45) is 17.8 Å². The van der Waals surface area contributed by atoms with E-state index in [1.807, 2.05) is 133 Å². The van der Waals surface area contributed by atoms with Crippen LogP contribution in [0.4, 0.5) is 0 Å². The van der Waals surface area contributed by atoms with E-state index in [2.05, 4.69) is 172 Å². The van der Waals surface area contributed by atoms with Gasteiger partial charge in [-0.1, -0.05) is 321 Å². The summed E-state index contributed by atoms with van der Waals surface area (Å²) in [5.41, 5.74) is 9.74. The van der Waals surface area contributed by atoms with Crippen LogP contribution in [0.3, 0.4) is 0 Å². The highest BCUT2D eigenvalue weighted by Gasteiger charge is 2.28. The molecule has 0 amide bonds. The topological polar surface area (TPSA) is 169 Å². The zero-order valence-electron chi connectivity index (χ0n) is 67.6. The Hall–Kier alpha value is -7.22. The van der Waals surface area contributed by atoms with Gasteiger partial charge in [-0.3, -0.25) is 24.0 Å². The third-order valence-corrected chi connectivity index (χ3v) is 13.8. The van der Waals surface area contributed by atoms with E-state index < -0.39 is 8.07 Å². The summed E-state index contributed by atoms with van der Waals surface area (Å²) in [6.07, 6.45) is 12.6. The summed E-state index contributed by atoms with van der Waals surface area (Å²) >= 11 is 0. The van der Waals surface area contributed by atoms with E-state index in [1.54, 1.807) is 0 Å². The Labute approximate surface area is 607 Å². The van der Waals surface area contributed by atoms with Crippen LogP contribution in [0.15, 0.2) is 159 Å². The number of carbonyl (C=O) groups excluding carboxylic acids is 6. The number of aryl methyl sites for hydroxylation is 2. The zero-order valence-corrected chi connectivity index (χ0v) is 68.6. The summed E-state index contributed by atoms with van der Waals surface area (Å²) in [6.45, 7) is 62.6. The molecule has 0 radical (unpaired) electrons. The number of benzene rings is 5. The zero-order chi connectivity index (χ0) is 78.0. The first-order valence-electron chi connectivity index (χ1n) is 36.1. The molecule has 0 fully saturated rings. The van der Waals surface area contributed by atoms with Crippen LogP contribution < -0.4 is 0 Å². The summed E-state index contributed by atoms with van der Waals surface area (Å²) < 4.78 is 23.7. The highest BCUT2D eigenvalue weighted by Crippen LogP contribution is 2.44. The molecule has 5 aromatic carbocycles. The summed E-state index contributed by atoms with van der Waals surface area (Å²) in [5, 5.41) is 8.70. The molecule has 99 heavy (non-hydrogen) atoms. The maximum absolute atomic E-state index is 11.0. The standard InChI is InChI=1S/C16H14O2.C9H10O2.C9H12O.C8H10.C7H18Si.2C6H12O2.C5H8O2.C5H12.C5H10.C3H6O.C3H8.2C2H6/c1-11(17)18-10-16-14-8-4-2-6-12(14)13-7-3-5-9-15(13)16;1-8(10)11-7-9-5-3-2-4-6-9;1-2-8-3-5-9(7-10)6-4-8;1-2-8-6-4-3-5-7-8;1-7(2)6-8(3,4)5;1-5(2)4-8-6(3)7;1-3-4-5-8-6(2)7;1-3-4-7-5(2)6;1-4-5(2)3;1-3-5-4-2;1-3(2)4;1-3-2;2*1-2/h2-9,16H,10H2,1H3;2-6H,7H2,1H3;3-6,10H,2,7H2,1H3;3-7H,2H2,1H3;7H,6H2,1-5H3;5H,4H2,1-3H3;3-5H2,1-2H3;3H,1,4H2,2H3;5H,4H2,1-3H3;3H,1,4-5H2,2H3;1-2H3;3H2,1-2H3;2*1-2H3. The van der Waals surface area contributed by atoms with Gasteiger partial charge in [0.15, 0.2) is 0 Å². The van der Waals surface area contributed by atoms with Crippen LogP contribution >= 0.6 is 0 Å². The van der Waals surface area contributed by atoms with E-state index in [-0.39, 0.29) is 48.2 Å². The number of rotatable bonds is 19. The second-order valence-corrected chi connectivity index (χ2v) is 30.1. The Balaban J connectivity index is -0.000000156. The van der Waals surface area contributed by atoms with Gasteiger partial charge in [0.1, 0.15) is 25.6 Å². The lowest BCUT2D eigenvalue weighted by Gasteiger charge is -2.17. The number of ether oxygens (including phenoxy) is 5. The lowest BCUT2D eigenvalue weighted by Crippen LogP contribution is -2.21. The van der Waals surface area contributed by atoms with Crippen molar-refractivity contribution in [3.05, 3.63) is 192 Å². The summed E-state index contributed by atoms with van der Waals surface area (Å²) in [6, 6.07) is 46.2. The number of carbonyl (C=O) groups is 6. The van der Waals surface area contributed by atoms with Crippen LogP contribution in [0.1, 0.15) is 244 Å². The van der Waals surface area contributed by atoms with E-state index in [1.165, 1.54) is 113 Å². The van der Waals surface area contributed by atoms with Crippen LogP contribution in [-0.4, -0.2) is 75.2 Å². The van der Waals surface area contributed by atoms with Gasteiger partial charge in [-0.25, -0.2) is 0 Å². The minimum Gasteiger partial charge on any atom is -0.466 e. The Bertz CT molecular complexity index is 2570. The minimum absolute atomic E-state index is 0.143. The van der Waals surface area contributed by atoms with E-state index in [4.69, 9.17) is 14.6 Å². The Morgan fingerprint density at radius 1 is 0.465 bits per heavy atom. The van der Waals surface area contributed by atoms with Crippen molar-refractivity contribution in [2.75, 3.05) is 26.4 Å². The summed E-state index contributed by atoms with van der Waals surface area (Å²) in [7, 11) is -0.720. The normalized spacial score (nSPS) is 9.57. The van der Waals surface area contributed by atoms with E-state index >= 15 is 0 Å². The molecule has 6 rings (SSSR count). The number of allylic oxidation sites excluding steroid dienone is 1. The first-order valence-corrected chi connectivity index (χ1v) is 39.8. The smallest absolute Gasteiger partial charge is 0.302 e. The van der Waals surface area contributed by atoms with Crippen molar-refractivity contribution in [3.8, 4) is 11.1 Å². The molecule has 0 atom stereocenters. The molecule has 1 N–H and O–H groups in total. The van der Waals surface area contributed by atoms with Crippen LogP contribution in [0.25, 0.3) is 11.1 Å². The molecular weight excluding hydrogens is 1250 g/mol. The van der Waals surface area contributed by atoms with Gasteiger partial charge >= 0.3 is 29.8 Å². The molecule has 13 heteroatoms. The van der Waals surface area contributed by atoms with Crippen LogP contribution in [0, 0.1) is 17.8 Å². The van der Waals surface area contributed by atoms with Gasteiger partial charge in [-0.05, 0) is 102 Å². The van der Waals surface area contributed by atoms with E-state index in [0.717, 1.165) is 55.1 Å². The van der Waals surface area contributed by atoms with Gasteiger partial charge < -0.3 is 33.6 Å². The molecule has 1 aliphatic carbocycles. The van der Waals surface area contributed by atoms with Crippen molar-refractivity contribution in [3.63, 3.8) is 0 Å². The number of hydrogen-bond donors (Lipinski definition) is 1. The first kappa shape index (κ1) is 108. The molecule has 0 unspecified atom stereocenters. The maximum atomic E-state index is 11.0. The van der Waals surface area contributed by atoms with Crippen LogP contribution in [0.2, 0.25) is 25.7 Å². The van der Waals surface area contributed by atoms with Gasteiger partial charge in [-0.2, -0.15) is 0 Å². The van der Waals surface area contributed by atoms with Crippen molar-refractivity contribution in [1.29, 1.82) is 0 Å². The van der Waals surface area contributed by atoms with Gasteiger partial charge in [0, 0.05) is 48.6 Å². The number of ketones is 1. The van der Waals surface area contributed by atoms with Crippen LogP contribution in [0.5, 0.6) is 0 Å². The molecule has 5 aromatic rings. The number of esters is 5. The fourth-order valence-corrected chi connectivity index (χ4v) is 9.69. The Morgan fingerprint density at radius 3 is 1.08 bits per heavy atom. The molecule has 1 aliphatic rings. The van der Waals surface area contributed by atoms with Crippen molar-refractivity contribution in [1.82, 2.24) is 0 Å². The molecule has 0 bridgehead atoms. The number of fused-ring (bicyclic) bond motifs is 3. The van der Waals surface area contributed by atoms with E-state index in [0.29, 0.717) is 39.0 Å². The highest BCUT2D eigenvalue weighted by atomic mass is 28.3. The average Bonchev–Trinajstić information content (AvgIpc) is 1.62. The fourth-order valence-electron chi connectivity index (χ4n) is 7.24. The summed E-state index contributed by atoms with van der Waals surface area (Å²) in [5.74, 6) is 1.46. The minimum atomic E-state index is -0.720. The van der Waals surface area contributed by atoms with Gasteiger partial charge in [-0.15, -0.1) is 6.58 Å². The molecule has 564 valence electrons. The van der Waals surface area contributed by atoms with E-state index in [9.17, 15) is 28.8 Å². The molecule has 0 aromatic heterocycles. The first-order chi connectivity index (χ1) is 46.8. The quantitative estimate of drug-likeness (QED) is 0.0273. The van der Waals surface area contributed by atoms with Crippen LogP contribution in [-0.2, 0) is 78.5 Å². The van der Waals surface area contributed by atoms with Crippen molar-refractivity contribution < 1.29 is 57.6 Å². The molecule has 0 spiro atoms. The third-order valence-electron chi connectivity index (χ3n) is 11.7. The summed E-state index contributed by atoms with van der Waals surface area (Å²) in [4.78, 5) is 61.0. The molecule has 0 saturated heterocycles. The van der Waals surface area contributed by atoms with Gasteiger partial charge in [0.05, 0.1) is 19.8 Å².